The van der Waals surface area contributed by atoms with E-state index in [0.29, 0.717) is 12.0 Å². The van der Waals surface area contributed by atoms with E-state index in [2.05, 4.69) is 27.3 Å². The predicted octanol–water partition coefficient (Wildman–Crippen LogP) is 2.22. The third kappa shape index (κ3) is 4.92. The van der Waals surface area contributed by atoms with Gasteiger partial charge in [0.1, 0.15) is 0 Å². The highest BCUT2D eigenvalue weighted by Gasteiger charge is 2.26. The third-order valence-electron chi connectivity index (χ3n) is 4.99. The van der Waals surface area contributed by atoms with Crippen LogP contribution in [0, 0.1) is 5.92 Å². The van der Waals surface area contributed by atoms with Crippen LogP contribution in [0.15, 0.2) is 24.4 Å². The van der Waals surface area contributed by atoms with Crippen molar-refractivity contribution < 1.29 is 5.11 Å². The van der Waals surface area contributed by atoms with Crippen LogP contribution in [0.25, 0.3) is 0 Å². The number of aliphatic hydroxyl groups excluding tert-OH is 1. The molecule has 3 rings (SSSR count). The summed E-state index contributed by atoms with van der Waals surface area (Å²) in [4.78, 5) is 6.89. The van der Waals surface area contributed by atoms with Crippen LogP contribution in [-0.4, -0.2) is 46.8 Å². The van der Waals surface area contributed by atoms with Crippen LogP contribution >= 0.6 is 12.4 Å². The normalized spacial score (nSPS) is 26.8. The summed E-state index contributed by atoms with van der Waals surface area (Å²) in [5.74, 6) is 0.483. The molecule has 1 aromatic heterocycles. The molecule has 4 nitrogen and oxygen atoms in total. The van der Waals surface area contributed by atoms with Gasteiger partial charge >= 0.3 is 0 Å². The molecule has 0 bridgehead atoms. The van der Waals surface area contributed by atoms with Crippen molar-refractivity contribution in [1.82, 2.24) is 15.2 Å². The summed E-state index contributed by atoms with van der Waals surface area (Å²) in [7, 11) is 0. The minimum Gasteiger partial charge on any atom is -0.393 e. The van der Waals surface area contributed by atoms with E-state index in [1.54, 1.807) is 0 Å². The van der Waals surface area contributed by atoms with Gasteiger partial charge in [-0.25, -0.2) is 0 Å². The average molecular weight is 326 g/mol. The van der Waals surface area contributed by atoms with Crippen molar-refractivity contribution in [2.45, 2.75) is 50.8 Å². The molecular formula is C17H28ClN3O. The first-order chi connectivity index (χ1) is 10.3. The molecule has 0 radical (unpaired) electrons. The Labute approximate surface area is 139 Å². The minimum absolute atomic E-state index is 0. The fourth-order valence-electron chi connectivity index (χ4n) is 3.59. The second-order valence-corrected chi connectivity index (χ2v) is 6.54. The Hall–Kier alpha value is -0.680. The molecule has 1 aliphatic carbocycles. The van der Waals surface area contributed by atoms with Crippen LogP contribution in [0.3, 0.4) is 0 Å². The Morgan fingerprint density at radius 2 is 2.00 bits per heavy atom. The number of piperidine rings is 1. The van der Waals surface area contributed by atoms with Crippen LogP contribution in [0.4, 0.5) is 0 Å². The molecule has 5 heteroatoms. The summed E-state index contributed by atoms with van der Waals surface area (Å²) >= 11 is 0. The Bertz CT molecular complexity index is 423. The Kier molecular flexibility index (Phi) is 7.09. The second kappa shape index (κ2) is 8.82. The molecule has 2 aliphatic rings. The highest BCUT2D eigenvalue weighted by Crippen LogP contribution is 2.25. The van der Waals surface area contributed by atoms with Gasteiger partial charge in [-0.1, -0.05) is 12.5 Å². The molecular weight excluding hydrogens is 298 g/mol. The second-order valence-electron chi connectivity index (χ2n) is 6.54. The highest BCUT2D eigenvalue weighted by molar-refractivity contribution is 5.85. The van der Waals surface area contributed by atoms with Gasteiger partial charge in [0, 0.05) is 38.4 Å². The van der Waals surface area contributed by atoms with E-state index < -0.39 is 0 Å². The van der Waals surface area contributed by atoms with Crippen molar-refractivity contribution in [3.8, 4) is 0 Å². The maximum Gasteiger partial charge on any atom is 0.0580 e. The summed E-state index contributed by atoms with van der Waals surface area (Å²) in [5.41, 5.74) is 1.16. The van der Waals surface area contributed by atoms with Gasteiger partial charge in [-0.2, -0.15) is 0 Å². The van der Waals surface area contributed by atoms with E-state index in [4.69, 9.17) is 0 Å². The maximum atomic E-state index is 9.87. The van der Waals surface area contributed by atoms with E-state index in [0.717, 1.165) is 38.3 Å². The van der Waals surface area contributed by atoms with E-state index >= 15 is 0 Å². The maximum absolute atomic E-state index is 9.87. The number of pyridine rings is 1. The lowest BCUT2D eigenvalue weighted by atomic mass is 10.0. The summed E-state index contributed by atoms with van der Waals surface area (Å²) in [5, 5.41) is 13.5. The predicted molar refractivity (Wildman–Crippen MR) is 91.1 cm³/mol. The number of halogens is 1. The van der Waals surface area contributed by atoms with Crippen molar-refractivity contribution in [2.75, 3.05) is 19.6 Å². The number of hydrogen-bond donors (Lipinski definition) is 2. The molecule has 2 atom stereocenters. The standard InChI is InChI=1S/C17H27N3O.ClH/c21-17-6-3-4-14(17)12-19-15-7-10-20(11-8-15)13-16-5-1-2-9-18-16;/h1-2,5,9,14-15,17,19,21H,3-4,6-8,10-13H2;1H/t14-,17+;/m1./s1. The first kappa shape index (κ1) is 17.7. The molecule has 1 aliphatic heterocycles. The molecule has 0 amide bonds. The van der Waals surface area contributed by atoms with Crippen LogP contribution < -0.4 is 5.32 Å². The van der Waals surface area contributed by atoms with Crippen LogP contribution in [0.2, 0.25) is 0 Å². The monoisotopic (exact) mass is 325 g/mol. The summed E-state index contributed by atoms with van der Waals surface area (Å²) in [6.07, 6.45) is 7.58. The number of nitrogens with one attached hydrogen (secondary N) is 1. The topological polar surface area (TPSA) is 48.4 Å². The minimum atomic E-state index is -0.0678. The molecule has 1 aromatic rings. The summed E-state index contributed by atoms with van der Waals surface area (Å²) < 4.78 is 0. The molecule has 0 spiro atoms. The summed E-state index contributed by atoms with van der Waals surface area (Å²) in [6.45, 7) is 4.24. The Balaban J connectivity index is 0.00000176. The van der Waals surface area contributed by atoms with Gasteiger partial charge in [0.05, 0.1) is 11.8 Å². The molecule has 22 heavy (non-hydrogen) atoms. The van der Waals surface area contributed by atoms with Crippen molar-refractivity contribution in [2.24, 2.45) is 5.92 Å². The Morgan fingerprint density at radius 1 is 1.18 bits per heavy atom. The van der Waals surface area contributed by atoms with E-state index in [1.807, 2.05) is 12.3 Å². The first-order valence-electron chi connectivity index (χ1n) is 8.35. The van der Waals surface area contributed by atoms with Gasteiger partial charge in [-0.15, -0.1) is 12.4 Å². The van der Waals surface area contributed by atoms with Gasteiger partial charge in [0.2, 0.25) is 0 Å². The number of aromatic nitrogens is 1. The highest BCUT2D eigenvalue weighted by atomic mass is 35.5. The van der Waals surface area contributed by atoms with Crippen molar-refractivity contribution in [3.05, 3.63) is 30.1 Å². The lowest BCUT2D eigenvalue weighted by Gasteiger charge is -2.33. The number of aliphatic hydroxyl groups is 1. The lowest BCUT2D eigenvalue weighted by molar-refractivity contribution is 0.124. The van der Waals surface area contributed by atoms with Crippen LogP contribution in [0.5, 0.6) is 0 Å². The third-order valence-corrected chi connectivity index (χ3v) is 4.99. The molecule has 0 unspecified atom stereocenters. The number of likely N-dealkylation sites (tertiary alicyclic amines) is 1. The molecule has 124 valence electrons. The molecule has 2 heterocycles. The number of hydrogen-bond acceptors (Lipinski definition) is 4. The van der Waals surface area contributed by atoms with Gasteiger partial charge < -0.3 is 10.4 Å². The van der Waals surface area contributed by atoms with Crippen molar-refractivity contribution in [1.29, 1.82) is 0 Å². The van der Waals surface area contributed by atoms with Gasteiger partial charge in [0.15, 0.2) is 0 Å². The quantitative estimate of drug-likeness (QED) is 0.871. The Morgan fingerprint density at radius 3 is 2.64 bits per heavy atom. The molecule has 1 saturated carbocycles. The van der Waals surface area contributed by atoms with E-state index in [1.165, 1.54) is 25.7 Å². The fourth-order valence-corrected chi connectivity index (χ4v) is 3.59. The van der Waals surface area contributed by atoms with Crippen LogP contribution in [0.1, 0.15) is 37.8 Å². The fraction of sp³-hybridized carbons (Fsp3) is 0.706. The van der Waals surface area contributed by atoms with Gasteiger partial charge in [-0.3, -0.25) is 9.88 Å². The number of nitrogens with zero attached hydrogens (tertiary/aromatic N) is 2. The summed E-state index contributed by atoms with van der Waals surface area (Å²) in [6, 6.07) is 6.75. The van der Waals surface area contributed by atoms with E-state index in [-0.39, 0.29) is 18.5 Å². The first-order valence-corrected chi connectivity index (χ1v) is 8.35. The van der Waals surface area contributed by atoms with E-state index in [9.17, 15) is 5.11 Å². The van der Waals surface area contributed by atoms with Crippen molar-refractivity contribution in [3.63, 3.8) is 0 Å². The number of rotatable bonds is 5. The van der Waals surface area contributed by atoms with Gasteiger partial charge in [0.25, 0.3) is 0 Å². The molecule has 2 fully saturated rings. The smallest absolute Gasteiger partial charge is 0.0580 e. The van der Waals surface area contributed by atoms with Crippen molar-refractivity contribution >= 4 is 12.4 Å². The zero-order valence-electron chi connectivity index (χ0n) is 13.2. The average Bonchev–Trinajstić information content (AvgIpc) is 2.93. The molecule has 0 aromatic carbocycles. The van der Waals surface area contributed by atoms with Crippen LogP contribution in [-0.2, 0) is 6.54 Å². The van der Waals surface area contributed by atoms with Gasteiger partial charge in [-0.05, 0) is 43.7 Å². The molecule has 2 N–H and O–H groups in total. The lowest BCUT2D eigenvalue weighted by Crippen LogP contribution is -2.44. The molecule has 1 saturated heterocycles. The largest absolute Gasteiger partial charge is 0.393 e. The zero-order chi connectivity index (χ0) is 14.5. The SMILES string of the molecule is Cl.O[C@H]1CCC[C@@H]1CNC1CCN(Cc2ccccn2)CC1. The zero-order valence-corrected chi connectivity index (χ0v) is 14.0.